The number of ketones is 1. The van der Waals surface area contributed by atoms with Gasteiger partial charge in [0.2, 0.25) is 0 Å². The van der Waals surface area contributed by atoms with Crippen molar-refractivity contribution in [3.63, 3.8) is 0 Å². The molecule has 0 aliphatic carbocycles. The zero-order valence-corrected chi connectivity index (χ0v) is 10.7. The number of benzene rings is 1. The molecule has 1 aromatic rings. The average molecular weight is 248 g/mol. The van der Waals surface area contributed by atoms with Gasteiger partial charge in [-0.25, -0.2) is 0 Å². The summed E-state index contributed by atoms with van der Waals surface area (Å²) in [5.74, 6) is -0.659. The van der Waals surface area contributed by atoms with Crippen molar-refractivity contribution in [2.45, 2.75) is 20.3 Å². The zero-order valence-electron chi connectivity index (χ0n) is 10.7. The van der Waals surface area contributed by atoms with Gasteiger partial charge in [0.1, 0.15) is 5.75 Å². The van der Waals surface area contributed by atoms with Gasteiger partial charge in [0.15, 0.2) is 5.78 Å². The Hall–Kier alpha value is -2.10. The van der Waals surface area contributed by atoms with Crippen LogP contribution in [0.4, 0.5) is 0 Å². The number of hydrogen-bond acceptors (Lipinski definition) is 3. The minimum Gasteiger partial charge on any atom is -0.496 e. The first kappa shape index (κ1) is 14.0. The molecule has 0 radical (unpaired) electrons. The number of rotatable bonds is 5. The van der Waals surface area contributed by atoms with Crippen LogP contribution in [-0.4, -0.2) is 24.0 Å². The highest BCUT2D eigenvalue weighted by molar-refractivity contribution is 6.01. The third-order valence-corrected chi connectivity index (χ3v) is 2.51. The summed E-state index contributed by atoms with van der Waals surface area (Å²) in [6.07, 6.45) is 1.29. The first-order valence-corrected chi connectivity index (χ1v) is 5.52. The number of carboxylic acid groups (broad SMARTS) is 1. The van der Waals surface area contributed by atoms with E-state index in [-0.39, 0.29) is 17.8 Å². The summed E-state index contributed by atoms with van der Waals surface area (Å²) in [7, 11) is 1.53. The molecule has 0 saturated heterocycles. The second-order valence-corrected chi connectivity index (χ2v) is 4.04. The predicted molar refractivity (Wildman–Crippen MR) is 68.6 cm³/mol. The number of hydrogen-bond donors (Lipinski definition) is 1. The van der Waals surface area contributed by atoms with Gasteiger partial charge >= 0.3 is 5.97 Å². The molecule has 4 heteroatoms. The fourth-order valence-electron chi connectivity index (χ4n) is 1.59. The SMILES string of the molecule is COc1ccc(C)cc1/C=C(\CC(=O)O)C(C)=O. The monoisotopic (exact) mass is 248 g/mol. The van der Waals surface area contributed by atoms with Crippen molar-refractivity contribution in [3.05, 3.63) is 34.9 Å². The third kappa shape index (κ3) is 3.73. The highest BCUT2D eigenvalue weighted by atomic mass is 16.5. The fraction of sp³-hybridized carbons (Fsp3) is 0.286. The summed E-state index contributed by atoms with van der Waals surface area (Å²) in [6.45, 7) is 3.28. The van der Waals surface area contributed by atoms with Crippen LogP contribution >= 0.6 is 0 Å². The summed E-state index contributed by atoms with van der Waals surface area (Å²) < 4.78 is 5.18. The highest BCUT2D eigenvalue weighted by Gasteiger charge is 2.10. The first-order valence-electron chi connectivity index (χ1n) is 5.52. The van der Waals surface area contributed by atoms with Crippen LogP contribution in [0.3, 0.4) is 0 Å². The van der Waals surface area contributed by atoms with Gasteiger partial charge < -0.3 is 9.84 Å². The summed E-state index contributed by atoms with van der Waals surface area (Å²) in [5.41, 5.74) is 1.98. The van der Waals surface area contributed by atoms with Crippen molar-refractivity contribution in [2.24, 2.45) is 0 Å². The van der Waals surface area contributed by atoms with Crippen molar-refractivity contribution in [1.29, 1.82) is 0 Å². The molecule has 0 unspecified atom stereocenters. The molecule has 18 heavy (non-hydrogen) atoms. The summed E-state index contributed by atoms with van der Waals surface area (Å²) in [6, 6.07) is 5.53. The quantitative estimate of drug-likeness (QED) is 0.813. The molecule has 0 spiro atoms. The second kappa shape index (κ2) is 6.00. The van der Waals surface area contributed by atoms with E-state index in [9.17, 15) is 9.59 Å². The summed E-state index contributed by atoms with van der Waals surface area (Å²) in [4.78, 5) is 22.1. The molecule has 0 fully saturated rings. The van der Waals surface area contributed by atoms with E-state index in [1.54, 1.807) is 12.1 Å². The number of carbonyl (C=O) groups is 2. The van der Waals surface area contributed by atoms with E-state index in [1.807, 2.05) is 19.1 Å². The van der Waals surface area contributed by atoms with Crippen molar-refractivity contribution in [2.75, 3.05) is 7.11 Å². The number of carboxylic acids is 1. The normalized spacial score (nSPS) is 11.2. The van der Waals surface area contributed by atoms with Gasteiger partial charge in [-0.2, -0.15) is 0 Å². The minimum atomic E-state index is -1.02. The molecule has 0 heterocycles. The maximum Gasteiger partial charge on any atom is 0.307 e. The second-order valence-electron chi connectivity index (χ2n) is 4.04. The number of carbonyl (C=O) groups excluding carboxylic acids is 1. The average Bonchev–Trinajstić information content (AvgIpc) is 2.27. The Morgan fingerprint density at radius 3 is 2.56 bits per heavy atom. The van der Waals surface area contributed by atoms with E-state index in [4.69, 9.17) is 9.84 Å². The van der Waals surface area contributed by atoms with Gasteiger partial charge in [-0.05, 0) is 32.1 Å². The van der Waals surface area contributed by atoms with Gasteiger partial charge in [0.25, 0.3) is 0 Å². The largest absolute Gasteiger partial charge is 0.496 e. The van der Waals surface area contributed by atoms with Gasteiger partial charge in [-0.1, -0.05) is 11.6 Å². The number of aryl methyl sites for hydroxylation is 1. The standard InChI is InChI=1S/C14H16O4/c1-9-4-5-13(18-3)12(6-9)7-11(10(2)15)8-14(16)17/h4-7H,8H2,1-3H3,(H,16,17)/b11-7+. The molecule has 0 atom stereocenters. The van der Waals surface area contributed by atoms with Gasteiger partial charge in [0.05, 0.1) is 13.5 Å². The Labute approximate surface area is 106 Å². The highest BCUT2D eigenvalue weighted by Crippen LogP contribution is 2.23. The van der Waals surface area contributed by atoms with E-state index in [0.717, 1.165) is 5.56 Å². The van der Waals surface area contributed by atoms with Crippen LogP contribution in [0, 0.1) is 6.92 Å². The zero-order chi connectivity index (χ0) is 13.7. The van der Waals surface area contributed by atoms with E-state index >= 15 is 0 Å². The molecule has 0 bridgehead atoms. The molecule has 0 amide bonds. The number of methoxy groups -OCH3 is 1. The minimum absolute atomic E-state index is 0.249. The molecule has 1 rings (SSSR count). The predicted octanol–water partition coefficient (Wildman–Crippen LogP) is 2.45. The summed E-state index contributed by atoms with van der Waals surface area (Å²) in [5, 5.41) is 8.77. The Kier molecular flexibility index (Phi) is 4.66. The maximum atomic E-state index is 11.4. The van der Waals surface area contributed by atoms with Crippen LogP contribution in [0.2, 0.25) is 0 Å². The van der Waals surface area contributed by atoms with Crippen LogP contribution in [0.1, 0.15) is 24.5 Å². The van der Waals surface area contributed by atoms with Crippen molar-refractivity contribution in [1.82, 2.24) is 0 Å². The molecule has 0 aromatic heterocycles. The van der Waals surface area contributed by atoms with Crippen molar-refractivity contribution >= 4 is 17.8 Å². The molecule has 0 saturated carbocycles. The number of aliphatic carboxylic acids is 1. The lowest BCUT2D eigenvalue weighted by Gasteiger charge is -2.07. The molecular weight excluding hydrogens is 232 g/mol. The van der Waals surface area contributed by atoms with Gasteiger partial charge in [-0.3, -0.25) is 9.59 Å². The molecule has 1 aromatic carbocycles. The molecule has 0 aliphatic heterocycles. The number of ether oxygens (including phenoxy) is 1. The maximum absolute atomic E-state index is 11.4. The van der Waals surface area contributed by atoms with Crippen LogP contribution in [0.25, 0.3) is 6.08 Å². The van der Waals surface area contributed by atoms with Crippen LogP contribution in [-0.2, 0) is 9.59 Å². The molecule has 1 N–H and O–H groups in total. The Balaban J connectivity index is 3.22. The van der Waals surface area contributed by atoms with Gasteiger partial charge in [0, 0.05) is 11.1 Å². The molecule has 4 nitrogen and oxygen atoms in total. The smallest absolute Gasteiger partial charge is 0.307 e. The molecular formula is C14H16O4. The van der Waals surface area contributed by atoms with E-state index in [0.29, 0.717) is 11.3 Å². The Morgan fingerprint density at radius 1 is 1.39 bits per heavy atom. The van der Waals surface area contributed by atoms with Crippen LogP contribution in [0.15, 0.2) is 23.8 Å². The Morgan fingerprint density at radius 2 is 2.06 bits per heavy atom. The third-order valence-electron chi connectivity index (χ3n) is 2.51. The lowest BCUT2D eigenvalue weighted by Crippen LogP contribution is -2.04. The lowest BCUT2D eigenvalue weighted by atomic mass is 10.0. The molecule has 96 valence electrons. The van der Waals surface area contributed by atoms with E-state index in [1.165, 1.54) is 14.0 Å². The molecule has 0 aliphatic rings. The van der Waals surface area contributed by atoms with Crippen LogP contribution in [0.5, 0.6) is 5.75 Å². The lowest BCUT2D eigenvalue weighted by molar-refractivity contribution is -0.136. The first-order chi connectivity index (χ1) is 8.43. The van der Waals surface area contributed by atoms with Crippen molar-refractivity contribution in [3.8, 4) is 5.75 Å². The van der Waals surface area contributed by atoms with Crippen LogP contribution < -0.4 is 4.74 Å². The Bertz CT molecular complexity index is 501. The van der Waals surface area contributed by atoms with E-state index < -0.39 is 5.97 Å². The van der Waals surface area contributed by atoms with Gasteiger partial charge in [-0.15, -0.1) is 0 Å². The number of Topliss-reactive ketones (excluding diaryl/α,β-unsaturated/α-hetero) is 1. The van der Waals surface area contributed by atoms with Crippen molar-refractivity contribution < 1.29 is 19.4 Å². The fourth-order valence-corrected chi connectivity index (χ4v) is 1.59. The summed E-state index contributed by atoms with van der Waals surface area (Å²) >= 11 is 0. The topological polar surface area (TPSA) is 63.6 Å². The van der Waals surface area contributed by atoms with E-state index in [2.05, 4.69) is 0 Å².